The lowest BCUT2D eigenvalue weighted by molar-refractivity contribution is 0.589. The molecule has 0 spiro atoms. The molecule has 0 aliphatic heterocycles. The van der Waals surface area contributed by atoms with Crippen molar-refractivity contribution in [3.63, 3.8) is 0 Å². The van der Waals surface area contributed by atoms with Crippen LogP contribution in [-0.4, -0.2) is 16.1 Å². The summed E-state index contributed by atoms with van der Waals surface area (Å²) in [4.78, 5) is 4.77. The molecule has 2 aliphatic rings. The maximum absolute atomic E-state index is 6.06. The zero-order valence-electron chi connectivity index (χ0n) is 10.9. The summed E-state index contributed by atoms with van der Waals surface area (Å²) in [6.07, 6.45) is 5.34. The van der Waals surface area contributed by atoms with E-state index >= 15 is 0 Å². The Morgan fingerprint density at radius 3 is 2.84 bits per heavy atom. The third-order valence-corrected chi connectivity index (χ3v) is 4.28. The van der Waals surface area contributed by atoms with Crippen molar-refractivity contribution in [2.75, 3.05) is 6.54 Å². The highest BCUT2D eigenvalue weighted by atomic mass is 35.5. The highest BCUT2D eigenvalue weighted by molar-refractivity contribution is 6.31. The molecule has 4 heteroatoms. The lowest BCUT2D eigenvalue weighted by Crippen LogP contribution is -2.19. The summed E-state index contributed by atoms with van der Waals surface area (Å²) in [5.74, 6) is 2.08. The van der Waals surface area contributed by atoms with Gasteiger partial charge in [0.05, 0.1) is 17.6 Å². The Morgan fingerprint density at radius 2 is 2.11 bits per heavy atom. The minimum atomic E-state index is 0.656. The Labute approximate surface area is 118 Å². The molecular weight excluding hydrogens is 258 g/mol. The monoisotopic (exact) mass is 275 g/mol. The van der Waals surface area contributed by atoms with Crippen molar-refractivity contribution >= 4 is 22.6 Å². The Balaban J connectivity index is 1.64. The second-order valence-corrected chi connectivity index (χ2v) is 6.27. The van der Waals surface area contributed by atoms with Gasteiger partial charge in [-0.3, -0.25) is 0 Å². The van der Waals surface area contributed by atoms with Gasteiger partial charge in [-0.2, -0.15) is 0 Å². The molecule has 0 saturated heterocycles. The molecule has 0 unspecified atom stereocenters. The molecule has 1 aromatic heterocycles. The maximum atomic E-state index is 6.06. The number of benzene rings is 1. The predicted octanol–water partition coefficient (Wildman–Crippen LogP) is 3.52. The maximum Gasteiger partial charge on any atom is 0.124 e. The average Bonchev–Trinajstić information content (AvgIpc) is 3.27. The van der Waals surface area contributed by atoms with Crippen LogP contribution in [0.1, 0.15) is 37.5 Å². The third-order valence-electron chi connectivity index (χ3n) is 4.05. The van der Waals surface area contributed by atoms with E-state index in [1.54, 1.807) is 0 Å². The van der Waals surface area contributed by atoms with Gasteiger partial charge < -0.3 is 9.88 Å². The van der Waals surface area contributed by atoms with E-state index < -0.39 is 0 Å². The first kappa shape index (κ1) is 11.7. The van der Waals surface area contributed by atoms with Crippen molar-refractivity contribution in [2.45, 2.75) is 38.3 Å². The van der Waals surface area contributed by atoms with Crippen LogP contribution in [0.5, 0.6) is 0 Å². The molecular formula is C15H18ClN3. The van der Waals surface area contributed by atoms with Crippen LogP contribution in [0.2, 0.25) is 5.02 Å². The second kappa shape index (κ2) is 4.50. The van der Waals surface area contributed by atoms with E-state index in [0.717, 1.165) is 29.5 Å². The van der Waals surface area contributed by atoms with Gasteiger partial charge >= 0.3 is 0 Å². The Bertz CT molecular complexity index is 611. The zero-order valence-corrected chi connectivity index (χ0v) is 11.7. The second-order valence-electron chi connectivity index (χ2n) is 5.84. The Kier molecular flexibility index (Phi) is 2.78. The summed E-state index contributed by atoms with van der Waals surface area (Å²) in [6, 6.07) is 6.70. The van der Waals surface area contributed by atoms with Crippen LogP contribution in [0.3, 0.4) is 0 Å². The van der Waals surface area contributed by atoms with Crippen molar-refractivity contribution in [3.8, 4) is 0 Å². The summed E-state index contributed by atoms with van der Waals surface area (Å²) < 4.78 is 2.41. The lowest BCUT2D eigenvalue weighted by atomic mass is 10.3. The molecule has 0 amide bonds. The molecule has 2 saturated carbocycles. The van der Waals surface area contributed by atoms with Crippen molar-refractivity contribution in [1.82, 2.24) is 14.9 Å². The summed E-state index contributed by atoms with van der Waals surface area (Å²) in [5.41, 5.74) is 2.26. The smallest absolute Gasteiger partial charge is 0.124 e. The summed E-state index contributed by atoms with van der Waals surface area (Å²) >= 11 is 6.06. The molecule has 2 fully saturated rings. The first-order chi connectivity index (χ1) is 9.31. The number of imidazole rings is 1. The standard InChI is InChI=1S/C15H18ClN3/c16-11-3-6-14-13(7-11)18-15(19(14)12-4-5-12)9-17-8-10-1-2-10/h3,6-7,10,12,17H,1-2,4-5,8-9H2. The molecule has 19 heavy (non-hydrogen) atoms. The SMILES string of the molecule is Clc1ccc2c(c1)nc(CNCC1CC1)n2C1CC1. The molecule has 100 valence electrons. The van der Waals surface area contributed by atoms with Gasteiger partial charge in [-0.15, -0.1) is 0 Å². The van der Waals surface area contributed by atoms with Crippen LogP contribution in [0.25, 0.3) is 11.0 Å². The first-order valence-corrected chi connectivity index (χ1v) is 7.56. The van der Waals surface area contributed by atoms with E-state index in [1.807, 2.05) is 12.1 Å². The topological polar surface area (TPSA) is 29.9 Å². The fourth-order valence-electron chi connectivity index (χ4n) is 2.70. The van der Waals surface area contributed by atoms with E-state index in [2.05, 4.69) is 16.0 Å². The number of rotatable bonds is 5. The third kappa shape index (κ3) is 2.37. The van der Waals surface area contributed by atoms with Gasteiger partial charge in [-0.25, -0.2) is 4.98 Å². The van der Waals surface area contributed by atoms with Gasteiger partial charge in [0.15, 0.2) is 0 Å². The van der Waals surface area contributed by atoms with Crippen LogP contribution < -0.4 is 5.32 Å². The molecule has 1 aromatic carbocycles. The number of fused-ring (bicyclic) bond motifs is 1. The van der Waals surface area contributed by atoms with Crippen molar-refractivity contribution in [1.29, 1.82) is 0 Å². The quantitative estimate of drug-likeness (QED) is 0.905. The lowest BCUT2D eigenvalue weighted by Gasteiger charge is -2.08. The van der Waals surface area contributed by atoms with Gasteiger partial charge in [0, 0.05) is 11.1 Å². The number of hydrogen-bond acceptors (Lipinski definition) is 2. The highest BCUT2D eigenvalue weighted by Crippen LogP contribution is 2.39. The molecule has 2 aliphatic carbocycles. The van der Waals surface area contributed by atoms with E-state index in [0.29, 0.717) is 6.04 Å². The van der Waals surface area contributed by atoms with Gasteiger partial charge in [0.1, 0.15) is 5.82 Å². The largest absolute Gasteiger partial charge is 0.324 e. The van der Waals surface area contributed by atoms with E-state index in [4.69, 9.17) is 16.6 Å². The fourth-order valence-corrected chi connectivity index (χ4v) is 2.86. The summed E-state index contributed by atoms with van der Waals surface area (Å²) in [6.45, 7) is 2.01. The van der Waals surface area contributed by atoms with Gasteiger partial charge in [-0.1, -0.05) is 11.6 Å². The van der Waals surface area contributed by atoms with Crippen LogP contribution >= 0.6 is 11.6 Å². The van der Waals surface area contributed by atoms with Crippen LogP contribution in [0.4, 0.5) is 0 Å². The van der Waals surface area contributed by atoms with Crippen LogP contribution in [-0.2, 0) is 6.54 Å². The van der Waals surface area contributed by atoms with Crippen LogP contribution in [0.15, 0.2) is 18.2 Å². The summed E-state index contributed by atoms with van der Waals surface area (Å²) in [7, 11) is 0. The number of aromatic nitrogens is 2. The minimum absolute atomic E-state index is 0.656. The van der Waals surface area contributed by atoms with E-state index in [-0.39, 0.29) is 0 Å². The van der Waals surface area contributed by atoms with Crippen molar-refractivity contribution in [2.24, 2.45) is 5.92 Å². The molecule has 2 aromatic rings. The number of nitrogens with one attached hydrogen (secondary N) is 1. The number of halogens is 1. The number of hydrogen-bond donors (Lipinski definition) is 1. The Morgan fingerprint density at radius 1 is 1.26 bits per heavy atom. The van der Waals surface area contributed by atoms with Gasteiger partial charge in [0.25, 0.3) is 0 Å². The Hall–Kier alpha value is -1.06. The average molecular weight is 276 g/mol. The first-order valence-electron chi connectivity index (χ1n) is 7.18. The van der Waals surface area contributed by atoms with E-state index in [1.165, 1.54) is 37.0 Å². The summed E-state index contributed by atoms with van der Waals surface area (Å²) in [5, 5.41) is 4.31. The normalized spacial score (nSPS) is 19.2. The fraction of sp³-hybridized carbons (Fsp3) is 0.533. The van der Waals surface area contributed by atoms with Gasteiger partial charge in [0.2, 0.25) is 0 Å². The predicted molar refractivity (Wildman–Crippen MR) is 77.4 cm³/mol. The van der Waals surface area contributed by atoms with Crippen molar-refractivity contribution in [3.05, 3.63) is 29.0 Å². The molecule has 1 heterocycles. The van der Waals surface area contributed by atoms with Crippen molar-refractivity contribution < 1.29 is 0 Å². The zero-order chi connectivity index (χ0) is 12.8. The molecule has 0 atom stereocenters. The van der Waals surface area contributed by atoms with E-state index in [9.17, 15) is 0 Å². The molecule has 3 nitrogen and oxygen atoms in total. The molecule has 1 N–H and O–H groups in total. The molecule has 0 radical (unpaired) electrons. The highest BCUT2D eigenvalue weighted by Gasteiger charge is 2.28. The molecule has 4 rings (SSSR count). The minimum Gasteiger partial charge on any atom is -0.324 e. The van der Waals surface area contributed by atoms with Gasteiger partial charge in [-0.05, 0) is 56.3 Å². The van der Waals surface area contributed by atoms with Crippen LogP contribution in [0, 0.1) is 5.92 Å². The molecule has 0 bridgehead atoms. The number of nitrogens with zero attached hydrogens (tertiary/aromatic N) is 2.